The first-order chi connectivity index (χ1) is 15.2. The largest absolute Gasteiger partial charge is 0.458 e. The summed E-state index contributed by atoms with van der Waals surface area (Å²) in [4.78, 5) is 25.6. The van der Waals surface area contributed by atoms with Gasteiger partial charge >= 0.3 is 11.9 Å². The Labute approximate surface area is 194 Å². The molecular weight excluding hydrogens is 400 g/mol. The van der Waals surface area contributed by atoms with Crippen molar-refractivity contribution >= 4 is 11.9 Å². The predicted molar refractivity (Wildman–Crippen MR) is 128 cm³/mol. The number of rotatable bonds is 6. The highest BCUT2D eigenvalue weighted by Gasteiger charge is 2.35. The number of ether oxygens (including phenoxy) is 2. The minimum atomic E-state index is -0.296. The van der Waals surface area contributed by atoms with Crippen LogP contribution in [0.1, 0.15) is 101 Å². The first-order valence-corrected chi connectivity index (χ1v) is 12.7. The molecule has 0 aromatic heterocycles. The minimum Gasteiger partial charge on any atom is -0.458 e. The van der Waals surface area contributed by atoms with Gasteiger partial charge in [0.1, 0.15) is 12.2 Å². The van der Waals surface area contributed by atoms with Gasteiger partial charge in [0, 0.05) is 0 Å². The van der Waals surface area contributed by atoms with E-state index in [1.165, 1.54) is 12.8 Å². The number of benzene rings is 1. The molecule has 0 unspecified atom stereocenters. The second-order valence-corrected chi connectivity index (χ2v) is 11.1. The summed E-state index contributed by atoms with van der Waals surface area (Å²) in [5.74, 6) is 2.39. The Morgan fingerprint density at radius 3 is 1.34 bits per heavy atom. The van der Waals surface area contributed by atoms with Crippen molar-refractivity contribution < 1.29 is 19.1 Å². The Kier molecular flexibility index (Phi) is 8.41. The molecule has 0 N–H and O–H groups in total. The van der Waals surface area contributed by atoms with E-state index in [-0.39, 0.29) is 24.1 Å². The molecule has 4 heteroatoms. The number of hydrogen-bond donors (Lipinski definition) is 0. The molecule has 6 atom stereocenters. The average Bonchev–Trinajstić information content (AvgIpc) is 2.73. The van der Waals surface area contributed by atoms with E-state index in [1.807, 2.05) is 0 Å². The van der Waals surface area contributed by atoms with Gasteiger partial charge in [0.15, 0.2) is 0 Å². The van der Waals surface area contributed by atoms with Gasteiger partial charge in [0.05, 0.1) is 11.1 Å². The Bertz CT molecular complexity index is 701. The van der Waals surface area contributed by atoms with E-state index in [2.05, 4.69) is 41.5 Å². The number of carbonyl (C=O) groups excluding carboxylic acids is 2. The quantitative estimate of drug-likeness (QED) is 0.449. The van der Waals surface area contributed by atoms with Crippen molar-refractivity contribution in [2.24, 2.45) is 35.5 Å². The lowest BCUT2D eigenvalue weighted by Crippen LogP contribution is -2.36. The van der Waals surface area contributed by atoms with Crippen molar-refractivity contribution in [2.75, 3.05) is 0 Å². The average molecular weight is 443 g/mol. The molecule has 2 saturated carbocycles. The van der Waals surface area contributed by atoms with Crippen molar-refractivity contribution in [1.82, 2.24) is 0 Å². The van der Waals surface area contributed by atoms with E-state index in [9.17, 15) is 9.59 Å². The van der Waals surface area contributed by atoms with E-state index in [0.717, 1.165) is 25.7 Å². The van der Waals surface area contributed by atoms with Crippen LogP contribution in [0.2, 0.25) is 0 Å². The van der Waals surface area contributed by atoms with Crippen molar-refractivity contribution in [1.29, 1.82) is 0 Å². The van der Waals surface area contributed by atoms with E-state index in [1.54, 1.807) is 24.3 Å². The lowest BCUT2D eigenvalue weighted by Gasteiger charge is -2.36. The van der Waals surface area contributed by atoms with Crippen molar-refractivity contribution in [3.8, 4) is 0 Å². The molecule has 0 radical (unpaired) electrons. The summed E-state index contributed by atoms with van der Waals surface area (Å²) in [6.45, 7) is 13.3. The van der Waals surface area contributed by atoms with Crippen LogP contribution in [0.3, 0.4) is 0 Å². The monoisotopic (exact) mass is 442 g/mol. The highest BCUT2D eigenvalue weighted by Crippen LogP contribution is 2.37. The summed E-state index contributed by atoms with van der Waals surface area (Å²) in [5.41, 5.74) is 0.988. The lowest BCUT2D eigenvalue weighted by molar-refractivity contribution is -0.0185. The van der Waals surface area contributed by atoms with Gasteiger partial charge in [-0.25, -0.2) is 9.59 Å². The van der Waals surface area contributed by atoms with Crippen LogP contribution in [0.5, 0.6) is 0 Å². The first-order valence-electron chi connectivity index (χ1n) is 12.7. The van der Waals surface area contributed by atoms with Gasteiger partial charge in [-0.15, -0.1) is 0 Å². The highest BCUT2D eigenvalue weighted by molar-refractivity contribution is 5.93. The van der Waals surface area contributed by atoms with E-state index in [4.69, 9.17) is 9.47 Å². The van der Waals surface area contributed by atoms with Gasteiger partial charge in [-0.1, -0.05) is 54.4 Å². The van der Waals surface area contributed by atoms with Gasteiger partial charge in [-0.3, -0.25) is 0 Å². The van der Waals surface area contributed by atoms with Crippen LogP contribution in [0.4, 0.5) is 0 Å². The molecule has 0 heterocycles. The van der Waals surface area contributed by atoms with Gasteiger partial charge in [-0.05, 0) is 85.5 Å². The molecule has 3 rings (SSSR count). The van der Waals surface area contributed by atoms with Crippen LogP contribution in [0.15, 0.2) is 24.3 Å². The molecule has 2 fully saturated rings. The van der Waals surface area contributed by atoms with Gasteiger partial charge in [0.2, 0.25) is 0 Å². The minimum absolute atomic E-state index is 0.0304. The summed E-state index contributed by atoms with van der Waals surface area (Å²) in [7, 11) is 0. The molecular formula is C28H42O4. The maximum absolute atomic E-state index is 12.8. The molecule has 32 heavy (non-hydrogen) atoms. The van der Waals surface area contributed by atoms with Crippen LogP contribution >= 0.6 is 0 Å². The molecule has 178 valence electrons. The van der Waals surface area contributed by atoms with E-state index < -0.39 is 0 Å². The fourth-order valence-electron chi connectivity index (χ4n) is 5.65. The Balaban J connectivity index is 1.62. The van der Waals surface area contributed by atoms with Crippen LogP contribution in [0, 0.1) is 35.5 Å². The highest BCUT2D eigenvalue weighted by atomic mass is 16.5. The molecule has 0 aliphatic heterocycles. The third-order valence-electron chi connectivity index (χ3n) is 7.80. The standard InChI is InChI=1S/C28H42O4/c1-17(2)23-13-7-19(5)15-25(23)31-27(29)21-9-11-22(12-10-21)28(30)32-26-16-20(6)8-14-24(26)18(3)4/h9-12,17-20,23-26H,7-8,13-16H2,1-6H3/t19-,20+,23-,24+,25+,26-. The second-order valence-electron chi connectivity index (χ2n) is 11.1. The van der Waals surface area contributed by atoms with Gasteiger partial charge in [-0.2, -0.15) is 0 Å². The SMILES string of the molecule is CC(C)[C@H]1CC[C@@H](C)C[C@@H]1OC(=O)c1ccc(C(=O)O[C@@H]2C[C@@H](C)CC[C@H]2C(C)C)cc1. The third kappa shape index (κ3) is 6.14. The molecule has 1 aromatic carbocycles. The molecule has 4 nitrogen and oxygen atoms in total. The number of carbonyl (C=O) groups is 2. The van der Waals surface area contributed by atoms with E-state index in [0.29, 0.717) is 46.6 Å². The van der Waals surface area contributed by atoms with Gasteiger partial charge in [0.25, 0.3) is 0 Å². The van der Waals surface area contributed by atoms with Crippen molar-refractivity contribution in [2.45, 2.75) is 92.3 Å². The Morgan fingerprint density at radius 1 is 0.688 bits per heavy atom. The van der Waals surface area contributed by atoms with Crippen molar-refractivity contribution in [3.63, 3.8) is 0 Å². The van der Waals surface area contributed by atoms with Crippen LogP contribution in [0.25, 0.3) is 0 Å². The molecule has 0 bridgehead atoms. The predicted octanol–water partition coefficient (Wildman–Crippen LogP) is 6.92. The fourth-order valence-corrected chi connectivity index (χ4v) is 5.65. The van der Waals surface area contributed by atoms with Gasteiger partial charge < -0.3 is 9.47 Å². The Hall–Kier alpha value is -1.84. The van der Waals surface area contributed by atoms with Crippen molar-refractivity contribution in [3.05, 3.63) is 35.4 Å². The number of hydrogen-bond acceptors (Lipinski definition) is 4. The summed E-state index contributed by atoms with van der Waals surface area (Å²) < 4.78 is 11.9. The fraction of sp³-hybridized carbons (Fsp3) is 0.714. The maximum Gasteiger partial charge on any atom is 0.338 e. The normalized spacial score (nSPS) is 30.9. The lowest BCUT2D eigenvalue weighted by atomic mass is 9.75. The first kappa shape index (κ1) is 24.8. The molecule has 2 aliphatic rings. The summed E-state index contributed by atoms with van der Waals surface area (Å²) in [6.07, 6.45) is 6.41. The molecule has 1 aromatic rings. The van der Waals surface area contributed by atoms with Crippen LogP contribution in [-0.4, -0.2) is 24.1 Å². The zero-order chi connectivity index (χ0) is 23.4. The molecule has 0 saturated heterocycles. The smallest absolute Gasteiger partial charge is 0.338 e. The molecule has 2 aliphatic carbocycles. The summed E-state index contributed by atoms with van der Waals surface area (Å²) in [5, 5.41) is 0. The zero-order valence-electron chi connectivity index (χ0n) is 20.8. The third-order valence-corrected chi connectivity index (χ3v) is 7.80. The maximum atomic E-state index is 12.8. The summed E-state index contributed by atoms with van der Waals surface area (Å²) >= 11 is 0. The molecule has 0 amide bonds. The zero-order valence-corrected chi connectivity index (χ0v) is 20.8. The second kappa shape index (κ2) is 10.9. The number of esters is 2. The summed E-state index contributed by atoms with van der Waals surface area (Å²) in [6, 6.07) is 6.77. The Morgan fingerprint density at radius 2 is 1.03 bits per heavy atom. The molecule has 0 spiro atoms. The van der Waals surface area contributed by atoms with Crippen LogP contribution in [-0.2, 0) is 9.47 Å². The van der Waals surface area contributed by atoms with E-state index >= 15 is 0 Å². The van der Waals surface area contributed by atoms with Crippen LogP contribution < -0.4 is 0 Å². The topological polar surface area (TPSA) is 52.6 Å².